The molecule has 0 saturated heterocycles. The summed E-state index contributed by atoms with van der Waals surface area (Å²) in [6.07, 6.45) is -3.74. The van der Waals surface area contributed by atoms with Gasteiger partial charge in [0.25, 0.3) is 0 Å². The van der Waals surface area contributed by atoms with Gasteiger partial charge in [-0.3, -0.25) is 0 Å². The van der Waals surface area contributed by atoms with Crippen molar-refractivity contribution in [2.24, 2.45) is 0 Å². The van der Waals surface area contributed by atoms with Crippen LogP contribution in [-0.4, -0.2) is 16.6 Å². The van der Waals surface area contributed by atoms with Crippen LogP contribution in [0.1, 0.15) is 32.3 Å². The van der Waals surface area contributed by atoms with E-state index in [1.165, 1.54) is 25.1 Å². The molecule has 0 saturated carbocycles. The molecule has 1 aromatic carbocycles. The molecule has 2 N–H and O–H groups in total. The largest absolute Gasteiger partial charge is 0.480 e. The summed E-state index contributed by atoms with van der Waals surface area (Å²) in [5.74, 6) is -1.17. The Kier molecular flexibility index (Phi) is 4.44. The molecule has 0 fully saturated rings. The Hall–Kier alpha value is -1.72. The van der Waals surface area contributed by atoms with Crippen LogP contribution in [0.3, 0.4) is 0 Å². The summed E-state index contributed by atoms with van der Waals surface area (Å²) in [5, 5.41) is 11.7. The summed E-state index contributed by atoms with van der Waals surface area (Å²) in [5.41, 5.74) is -2.50. The molecule has 0 aromatic heterocycles. The number of para-hydroxylation sites is 1. The highest BCUT2D eigenvalue weighted by atomic mass is 19.4. The maximum absolute atomic E-state index is 12.8. The highest BCUT2D eigenvalue weighted by Gasteiger charge is 2.37. The zero-order valence-electron chi connectivity index (χ0n) is 10.7. The van der Waals surface area contributed by atoms with E-state index in [2.05, 4.69) is 5.32 Å². The van der Waals surface area contributed by atoms with Crippen molar-refractivity contribution in [1.29, 1.82) is 0 Å². The number of carboxylic acid groups (broad SMARTS) is 1. The van der Waals surface area contributed by atoms with Gasteiger partial charge in [-0.2, -0.15) is 13.2 Å². The van der Waals surface area contributed by atoms with Gasteiger partial charge in [0.15, 0.2) is 0 Å². The van der Waals surface area contributed by atoms with E-state index in [9.17, 15) is 23.1 Å². The Morgan fingerprint density at radius 3 is 2.37 bits per heavy atom. The van der Waals surface area contributed by atoms with Crippen LogP contribution < -0.4 is 5.32 Å². The fourth-order valence-corrected chi connectivity index (χ4v) is 1.86. The van der Waals surface area contributed by atoms with E-state index in [0.717, 1.165) is 6.07 Å². The van der Waals surface area contributed by atoms with Crippen LogP contribution in [0.2, 0.25) is 0 Å². The van der Waals surface area contributed by atoms with Gasteiger partial charge in [0.1, 0.15) is 5.54 Å². The standard InChI is InChI=1S/C13H16F3NO2/c1-3-8-12(2,11(18)19)17-10-7-5-4-6-9(10)13(14,15)16/h4-7,17H,3,8H2,1-2H3,(H,18,19). The normalized spacial score (nSPS) is 14.8. The van der Waals surface area contributed by atoms with Crippen LogP contribution in [0.4, 0.5) is 18.9 Å². The fraction of sp³-hybridized carbons (Fsp3) is 0.462. The Balaban J connectivity index is 3.14. The van der Waals surface area contributed by atoms with Crippen molar-refractivity contribution >= 4 is 11.7 Å². The molecule has 1 rings (SSSR count). The number of hydrogen-bond donors (Lipinski definition) is 2. The van der Waals surface area contributed by atoms with Crippen molar-refractivity contribution in [1.82, 2.24) is 0 Å². The molecule has 0 aliphatic carbocycles. The van der Waals surface area contributed by atoms with Crippen molar-refractivity contribution < 1.29 is 23.1 Å². The minimum atomic E-state index is -4.52. The van der Waals surface area contributed by atoms with Crippen LogP contribution in [0, 0.1) is 0 Å². The summed E-state index contributed by atoms with van der Waals surface area (Å²) in [4.78, 5) is 11.2. The predicted octanol–water partition coefficient (Wildman–Crippen LogP) is 3.76. The molecule has 1 atom stereocenters. The molecule has 1 unspecified atom stereocenters. The zero-order valence-corrected chi connectivity index (χ0v) is 10.7. The van der Waals surface area contributed by atoms with E-state index in [4.69, 9.17) is 0 Å². The van der Waals surface area contributed by atoms with Gasteiger partial charge in [-0.25, -0.2) is 4.79 Å². The lowest BCUT2D eigenvalue weighted by atomic mass is 9.95. The number of halogens is 3. The van der Waals surface area contributed by atoms with Crippen LogP contribution >= 0.6 is 0 Å². The van der Waals surface area contributed by atoms with Crippen molar-refractivity contribution in [3.8, 4) is 0 Å². The predicted molar refractivity (Wildman–Crippen MR) is 66.0 cm³/mol. The first kappa shape index (κ1) is 15.3. The molecular weight excluding hydrogens is 259 g/mol. The van der Waals surface area contributed by atoms with Crippen LogP contribution in [-0.2, 0) is 11.0 Å². The summed E-state index contributed by atoms with van der Waals surface area (Å²) >= 11 is 0. The number of carbonyl (C=O) groups is 1. The molecule has 6 heteroatoms. The van der Waals surface area contributed by atoms with E-state index in [0.29, 0.717) is 6.42 Å². The molecule has 1 aromatic rings. The van der Waals surface area contributed by atoms with Gasteiger partial charge in [-0.05, 0) is 25.5 Å². The lowest BCUT2D eigenvalue weighted by Gasteiger charge is -2.28. The number of carboxylic acids is 1. The second kappa shape index (κ2) is 5.50. The van der Waals surface area contributed by atoms with Crippen molar-refractivity contribution in [2.45, 2.75) is 38.4 Å². The first-order chi connectivity index (χ1) is 8.70. The highest BCUT2D eigenvalue weighted by Crippen LogP contribution is 2.36. The minimum absolute atomic E-state index is 0.214. The van der Waals surface area contributed by atoms with E-state index in [1.807, 2.05) is 0 Å². The van der Waals surface area contributed by atoms with Gasteiger partial charge < -0.3 is 10.4 Å². The smallest absolute Gasteiger partial charge is 0.418 e. The Morgan fingerprint density at radius 2 is 1.89 bits per heavy atom. The van der Waals surface area contributed by atoms with Gasteiger partial charge in [-0.1, -0.05) is 25.5 Å². The lowest BCUT2D eigenvalue weighted by Crippen LogP contribution is -2.43. The molecule has 3 nitrogen and oxygen atoms in total. The molecule has 0 spiro atoms. The average Bonchev–Trinajstić information content (AvgIpc) is 2.28. The van der Waals surface area contributed by atoms with Gasteiger partial charge in [-0.15, -0.1) is 0 Å². The van der Waals surface area contributed by atoms with Crippen molar-refractivity contribution in [2.75, 3.05) is 5.32 Å². The summed E-state index contributed by atoms with van der Waals surface area (Å²) in [6, 6.07) is 4.87. The Morgan fingerprint density at radius 1 is 1.32 bits per heavy atom. The van der Waals surface area contributed by atoms with Gasteiger partial charge in [0.05, 0.1) is 5.56 Å². The quantitative estimate of drug-likeness (QED) is 0.860. The third kappa shape index (κ3) is 3.62. The molecule has 0 heterocycles. The first-order valence-corrected chi connectivity index (χ1v) is 5.88. The summed E-state index contributed by atoms with van der Waals surface area (Å²) in [6.45, 7) is 3.16. The molecule has 0 radical (unpaired) electrons. The third-order valence-corrected chi connectivity index (χ3v) is 2.87. The molecule has 0 bridgehead atoms. The second-order valence-electron chi connectivity index (χ2n) is 4.56. The van der Waals surface area contributed by atoms with Crippen LogP contribution in [0.15, 0.2) is 24.3 Å². The van der Waals surface area contributed by atoms with Gasteiger partial charge in [0, 0.05) is 5.69 Å². The van der Waals surface area contributed by atoms with E-state index >= 15 is 0 Å². The summed E-state index contributed by atoms with van der Waals surface area (Å²) in [7, 11) is 0. The maximum Gasteiger partial charge on any atom is 0.418 e. The average molecular weight is 275 g/mol. The highest BCUT2D eigenvalue weighted by molar-refractivity contribution is 5.82. The monoisotopic (exact) mass is 275 g/mol. The Bertz CT molecular complexity index is 459. The number of nitrogens with one attached hydrogen (secondary N) is 1. The first-order valence-electron chi connectivity index (χ1n) is 5.88. The van der Waals surface area contributed by atoms with E-state index < -0.39 is 23.2 Å². The molecule has 0 aliphatic rings. The minimum Gasteiger partial charge on any atom is -0.480 e. The number of anilines is 1. The number of benzene rings is 1. The fourth-order valence-electron chi connectivity index (χ4n) is 1.86. The number of hydrogen-bond acceptors (Lipinski definition) is 2. The van der Waals surface area contributed by atoms with E-state index in [-0.39, 0.29) is 12.1 Å². The molecular formula is C13H16F3NO2. The number of rotatable bonds is 5. The van der Waals surface area contributed by atoms with Crippen molar-refractivity contribution in [3.05, 3.63) is 29.8 Å². The molecule has 19 heavy (non-hydrogen) atoms. The zero-order chi connectivity index (χ0) is 14.7. The molecule has 0 aliphatic heterocycles. The van der Waals surface area contributed by atoms with Crippen molar-refractivity contribution in [3.63, 3.8) is 0 Å². The Labute approximate surface area is 109 Å². The second-order valence-corrected chi connectivity index (χ2v) is 4.56. The topological polar surface area (TPSA) is 49.3 Å². The van der Waals surface area contributed by atoms with Crippen LogP contribution in [0.25, 0.3) is 0 Å². The summed E-state index contributed by atoms with van der Waals surface area (Å²) < 4.78 is 38.5. The molecule has 0 amide bonds. The number of alkyl halides is 3. The molecule has 106 valence electrons. The van der Waals surface area contributed by atoms with Crippen LogP contribution in [0.5, 0.6) is 0 Å². The lowest BCUT2D eigenvalue weighted by molar-refractivity contribution is -0.142. The SMILES string of the molecule is CCCC(C)(Nc1ccccc1C(F)(F)F)C(=O)O. The van der Waals surface area contributed by atoms with Gasteiger partial charge in [0.2, 0.25) is 0 Å². The third-order valence-electron chi connectivity index (χ3n) is 2.87. The maximum atomic E-state index is 12.8. The number of aliphatic carboxylic acids is 1. The van der Waals surface area contributed by atoms with E-state index in [1.54, 1.807) is 6.92 Å². The van der Waals surface area contributed by atoms with Gasteiger partial charge >= 0.3 is 12.1 Å².